The van der Waals surface area contributed by atoms with Crippen molar-refractivity contribution in [2.75, 3.05) is 18.1 Å². The molecule has 0 saturated heterocycles. The number of benzene rings is 1. The first-order valence-electron chi connectivity index (χ1n) is 6.97. The van der Waals surface area contributed by atoms with Crippen LogP contribution >= 0.6 is 0 Å². The van der Waals surface area contributed by atoms with E-state index in [9.17, 15) is 9.00 Å². The van der Waals surface area contributed by atoms with Crippen LogP contribution < -0.4 is 4.74 Å². The summed E-state index contributed by atoms with van der Waals surface area (Å²) in [6, 6.07) is 6.53. The average Bonchev–Trinajstić information content (AvgIpc) is 2.92. The van der Waals surface area contributed by atoms with E-state index in [1.54, 1.807) is 18.2 Å². The number of para-hydroxylation sites is 1. The van der Waals surface area contributed by atoms with Gasteiger partial charge in [-0.3, -0.25) is 4.21 Å². The van der Waals surface area contributed by atoms with Gasteiger partial charge in [-0.25, -0.2) is 4.79 Å². The van der Waals surface area contributed by atoms with Gasteiger partial charge >= 0.3 is 5.97 Å². The van der Waals surface area contributed by atoms with Crippen LogP contribution in [0.5, 0.6) is 5.75 Å². The first-order chi connectivity index (χ1) is 9.66. The molecule has 4 nitrogen and oxygen atoms in total. The van der Waals surface area contributed by atoms with Crippen molar-refractivity contribution in [3.63, 3.8) is 0 Å². The number of carbonyl (C=O) groups is 1. The van der Waals surface area contributed by atoms with Crippen LogP contribution in [0.3, 0.4) is 0 Å². The van der Waals surface area contributed by atoms with E-state index in [-0.39, 0.29) is 5.56 Å². The first-order valence-corrected chi connectivity index (χ1v) is 8.45. The second-order valence-corrected chi connectivity index (χ2v) is 6.73. The Morgan fingerprint density at radius 3 is 2.70 bits per heavy atom. The molecule has 1 atom stereocenters. The number of hydrogen-bond acceptors (Lipinski definition) is 3. The van der Waals surface area contributed by atoms with Crippen molar-refractivity contribution in [1.82, 2.24) is 0 Å². The van der Waals surface area contributed by atoms with E-state index in [1.807, 2.05) is 0 Å². The normalized spacial score (nSPS) is 17.0. The fraction of sp³-hybridized carbons (Fsp3) is 0.533. The number of ether oxygens (including phenoxy) is 1. The third kappa shape index (κ3) is 4.34. The molecule has 1 fully saturated rings. The molecule has 1 unspecified atom stereocenters. The Morgan fingerprint density at radius 2 is 2.00 bits per heavy atom. The molecule has 0 radical (unpaired) electrons. The van der Waals surface area contributed by atoms with E-state index in [0.717, 1.165) is 5.75 Å². The molecule has 110 valence electrons. The first kappa shape index (κ1) is 15.0. The van der Waals surface area contributed by atoms with Gasteiger partial charge in [0.15, 0.2) is 0 Å². The predicted octanol–water partition coefficient (Wildman–Crippen LogP) is 2.70. The third-order valence-electron chi connectivity index (χ3n) is 3.58. The number of hydrogen-bond donors (Lipinski definition) is 1. The summed E-state index contributed by atoms with van der Waals surface area (Å²) in [6.07, 6.45) is 4.89. The van der Waals surface area contributed by atoms with E-state index in [2.05, 4.69) is 0 Å². The van der Waals surface area contributed by atoms with Crippen LogP contribution in [0.1, 0.15) is 36.0 Å². The highest BCUT2D eigenvalue weighted by Gasteiger charge is 2.17. The van der Waals surface area contributed by atoms with Gasteiger partial charge in [0.05, 0.1) is 12.4 Å². The van der Waals surface area contributed by atoms with E-state index < -0.39 is 16.8 Å². The third-order valence-corrected chi connectivity index (χ3v) is 5.05. The zero-order chi connectivity index (χ0) is 14.4. The smallest absolute Gasteiger partial charge is 0.339 e. The van der Waals surface area contributed by atoms with Gasteiger partial charge in [0.25, 0.3) is 0 Å². The quantitative estimate of drug-likeness (QED) is 0.840. The van der Waals surface area contributed by atoms with Gasteiger partial charge in [0.1, 0.15) is 11.3 Å². The molecule has 0 aliphatic heterocycles. The number of carboxylic acids is 1. The Hall–Kier alpha value is -1.36. The van der Waals surface area contributed by atoms with Gasteiger partial charge in [0, 0.05) is 16.6 Å². The minimum Gasteiger partial charge on any atom is -0.492 e. The lowest BCUT2D eigenvalue weighted by Gasteiger charge is -2.10. The van der Waals surface area contributed by atoms with Crippen LogP contribution in [0.4, 0.5) is 0 Å². The van der Waals surface area contributed by atoms with E-state index >= 15 is 0 Å². The van der Waals surface area contributed by atoms with Gasteiger partial charge in [-0.1, -0.05) is 25.0 Å². The molecule has 2 rings (SSSR count). The molecule has 1 N–H and O–H groups in total. The molecule has 1 aromatic rings. The summed E-state index contributed by atoms with van der Waals surface area (Å²) >= 11 is 0. The van der Waals surface area contributed by atoms with Crippen LogP contribution in [0.2, 0.25) is 0 Å². The van der Waals surface area contributed by atoms with Crippen molar-refractivity contribution in [3.05, 3.63) is 29.8 Å². The van der Waals surface area contributed by atoms with Crippen molar-refractivity contribution >= 4 is 16.8 Å². The minimum atomic E-state index is -1.01. The van der Waals surface area contributed by atoms with Crippen molar-refractivity contribution in [1.29, 1.82) is 0 Å². The number of rotatable bonds is 7. The minimum absolute atomic E-state index is 0.147. The zero-order valence-electron chi connectivity index (χ0n) is 11.4. The van der Waals surface area contributed by atoms with Gasteiger partial charge in [-0.15, -0.1) is 0 Å². The summed E-state index contributed by atoms with van der Waals surface area (Å²) in [6.45, 7) is 0.295. The SMILES string of the molecule is O=C(O)c1ccccc1OCCS(=O)CC1CCCC1. The highest BCUT2D eigenvalue weighted by molar-refractivity contribution is 7.85. The molecule has 1 aromatic carbocycles. The fourth-order valence-electron chi connectivity index (χ4n) is 2.54. The molecule has 5 heteroatoms. The maximum absolute atomic E-state index is 11.9. The summed E-state index contributed by atoms with van der Waals surface area (Å²) in [4.78, 5) is 11.0. The van der Waals surface area contributed by atoms with E-state index in [4.69, 9.17) is 9.84 Å². The van der Waals surface area contributed by atoms with Crippen LogP contribution in [0.15, 0.2) is 24.3 Å². The summed E-state index contributed by atoms with van der Waals surface area (Å²) < 4.78 is 17.4. The molecule has 1 saturated carbocycles. The molecule has 1 aliphatic rings. The Labute approximate surface area is 121 Å². The Bertz CT molecular complexity index is 481. The standard InChI is InChI=1S/C15H20O4S/c16-15(17)13-7-3-4-8-14(13)19-9-10-20(18)11-12-5-1-2-6-12/h3-4,7-8,12H,1-2,5-6,9-11H2,(H,16,17). The maximum atomic E-state index is 11.9. The Kier molecular flexibility index (Phi) is 5.59. The van der Waals surface area contributed by atoms with Gasteiger partial charge in [-0.05, 0) is 30.9 Å². The molecule has 1 aliphatic carbocycles. The summed E-state index contributed by atoms with van der Waals surface area (Å²) in [5.41, 5.74) is 0.147. The number of aromatic carboxylic acids is 1. The van der Waals surface area contributed by atoms with Gasteiger partial charge in [0.2, 0.25) is 0 Å². The summed E-state index contributed by atoms with van der Waals surface area (Å²) in [5.74, 6) is 1.15. The molecule has 0 amide bonds. The largest absolute Gasteiger partial charge is 0.492 e. The summed E-state index contributed by atoms with van der Waals surface area (Å²) in [7, 11) is -0.873. The topological polar surface area (TPSA) is 63.6 Å². The zero-order valence-corrected chi connectivity index (χ0v) is 12.2. The van der Waals surface area contributed by atoms with Crippen LogP contribution in [0, 0.1) is 5.92 Å². The molecular formula is C15H20O4S. The van der Waals surface area contributed by atoms with Crippen LogP contribution in [-0.4, -0.2) is 33.4 Å². The molecular weight excluding hydrogens is 276 g/mol. The van der Waals surface area contributed by atoms with E-state index in [1.165, 1.54) is 31.7 Å². The van der Waals surface area contributed by atoms with Crippen molar-refractivity contribution in [2.24, 2.45) is 5.92 Å². The highest BCUT2D eigenvalue weighted by Crippen LogP contribution is 2.25. The van der Waals surface area contributed by atoms with Crippen molar-refractivity contribution < 1.29 is 18.8 Å². The molecule has 0 spiro atoms. The lowest BCUT2D eigenvalue weighted by Crippen LogP contribution is -2.16. The molecule has 0 aromatic heterocycles. The second-order valence-electron chi connectivity index (χ2n) is 5.11. The monoisotopic (exact) mass is 296 g/mol. The van der Waals surface area contributed by atoms with Crippen LogP contribution in [0.25, 0.3) is 0 Å². The van der Waals surface area contributed by atoms with Crippen molar-refractivity contribution in [2.45, 2.75) is 25.7 Å². The second kappa shape index (κ2) is 7.43. The van der Waals surface area contributed by atoms with Gasteiger partial charge in [-0.2, -0.15) is 0 Å². The Morgan fingerprint density at radius 1 is 1.30 bits per heavy atom. The lowest BCUT2D eigenvalue weighted by molar-refractivity contribution is 0.0692. The Balaban J connectivity index is 1.78. The maximum Gasteiger partial charge on any atom is 0.339 e. The molecule has 0 heterocycles. The predicted molar refractivity (Wildman–Crippen MR) is 78.7 cm³/mol. The fourth-order valence-corrected chi connectivity index (χ4v) is 3.83. The molecule has 20 heavy (non-hydrogen) atoms. The van der Waals surface area contributed by atoms with Crippen LogP contribution in [-0.2, 0) is 10.8 Å². The van der Waals surface area contributed by atoms with Crippen molar-refractivity contribution in [3.8, 4) is 5.75 Å². The van der Waals surface area contributed by atoms with E-state index in [0.29, 0.717) is 24.0 Å². The van der Waals surface area contributed by atoms with Gasteiger partial charge < -0.3 is 9.84 Å². The summed E-state index contributed by atoms with van der Waals surface area (Å²) in [5, 5.41) is 9.02. The highest BCUT2D eigenvalue weighted by atomic mass is 32.2. The average molecular weight is 296 g/mol. The number of carboxylic acid groups (broad SMARTS) is 1. The molecule has 0 bridgehead atoms. The lowest BCUT2D eigenvalue weighted by atomic mass is 10.1.